The number of hydrogen-bond donors (Lipinski definition) is 0. The van der Waals surface area contributed by atoms with Crippen molar-refractivity contribution in [1.29, 1.82) is 0 Å². The van der Waals surface area contributed by atoms with Crippen molar-refractivity contribution in [2.75, 3.05) is 0 Å². The second-order valence-corrected chi connectivity index (χ2v) is 3.41. The van der Waals surface area contributed by atoms with Crippen molar-refractivity contribution in [3.05, 3.63) is 0 Å². The first kappa shape index (κ1) is 6.97. The molecule has 1 aliphatic rings. The fraction of sp³-hybridized carbons (Fsp3) is 0.833. The largest absolute Gasteiger partial charge is 0.235 e. The smallest absolute Gasteiger partial charge is 0.211 e. The fourth-order valence-electron chi connectivity index (χ4n) is 1.11. The Morgan fingerprint density at radius 3 is 2.78 bits per heavy atom. The molecule has 1 aliphatic carbocycles. The summed E-state index contributed by atoms with van der Waals surface area (Å²) >= 11 is 3.43. The molecule has 0 spiro atoms. The first-order valence-corrected chi connectivity index (χ1v) is 3.97. The van der Waals surface area contributed by atoms with E-state index >= 15 is 0 Å². The molecule has 0 amide bonds. The molecular formula is C6H8BrNO. The Hall–Kier alpha value is -0.140. The summed E-state index contributed by atoms with van der Waals surface area (Å²) in [5.41, 5.74) is 0. The molecule has 0 heterocycles. The quantitative estimate of drug-likeness (QED) is 0.351. The third-order valence-electron chi connectivity index (χ3n) is 1.62. The maximum Gasteiger partial charge on any atom is 0.235 e. The molecule has 0 aromatic heterocycles. The number of rotatable bonds is 1. The van der Waals surface area contributed by atoms with Crippen LogP contribution in [0.1, 0.15) is 19.3 Å². The number of aliphatic imine (C=N–C) groups is 1. The summed E-state index contributed by atoms with van der Waals surface area (Å²) in [6.07, 6.45) is 4.93. The second-order valence-electron chi connectivity index (χ2n) is 2.23. The van der Waals surface area contributed by atoms with Crippen LogP contribution in [0.4, 0.5) is 0 Å². The van der Waals surface area contributed by atoms with Gasteiger partial charge in [-0.1, -0.05) is 22.4 Å². The number of halogens is 1. The van der Waals surface area contributed by atoms with Crippen molar-refractivity contribution in [3.8, 4) is 0 Å². The van der Waals surface area contributed by atoms with E-state index in [0.717, 1.165) is 12.8 Å². The molecule has 0 aliphatic heterocycles. The zero-order chi connectivity index (χ0) is 6.69. The molecule has 0 aromatic rings. The van der Waals surface area contributed by atoms with Crippen molar-refractivity contribution in [3.63, 3.8) is 0 Å². The third kappa shape index (κ3) is 1.63. The lowest BCUT2D eigenvalue weighted by molar-refractivity contribution is 0.557. The molecule has 3 heteroatoms. The van der Waals surface area contributed by atoms with Crippen LogP contribution in [0, 0.1) is 0 Å². The Kier molecular flexibility index (Phi) is 2.43. The highest BCUT2D eigenvalue weighted by molar-refractivity contribution is 9.09. The maximum absolute atomic E-state index is 9.79. The molecule has 2 nitrogen and oxygen atoms in total. The van der Waals surface area contributed by atoms with E-state index in [1.54, 1.807) is 6.08 Å². The summed E-state index contributed by atoms with van der Waals surface area (Å²) in [5.74, 6) is 0. The highest BCUT2D eigenvalue weighted by Gasteiger charge is 2.23. The predicted octanol–water partition coefficient (Wildman–Crippen LogP) is 1.64. The topological polar surface area (TPSA) is 29.4 Å². The molecule has 9 heavy (non-hydrogen) atoms. The first-order valence-electron chi connectivity index (χ1n) is 3.05. The van der Waals surface area contributed by atoms with E-state index in [4.69, 9.17) is 0 Å². The maximum atomic E-state index is 9.79. The van der Waals surface area contributed by atoms with Crippen LogP contribution in [0.3, 0.4) is 0 Å². The average Bonchev–Trinajstić information content (AvgIpc) is 2.18. The molecule has 1 rings (SSSR count). The van der Waals surface area contributed by atoms with Crippen LogP contribution in [0.2, 0.25) is 0 Å². The van der Waals surface area contributed by atoms with E-state index in [9.17, 15) is 4.79 Å². The van der Waals surface area contributed by atoms with Crippen molar-refractivity contribution in [2.24, 2.45) is 4.99 Å². The molecule has 0 radical (unpaired) electrons. The van der Waals surface area contributed by atoms with E-state index in [1.165, 1.54) is 6.42 Å². The third-order valence-corrected chi connectivity index (χ3v) is 2.68. The van der Waals surface area contributed by atoms with Crippen LogP contribution >= 0.6 is 15.9 Å². The summed E-state index contributed by atoms with van der Waals surface area (Å²) < 4.78 is 0. The van der Waals surface area contributed by atoms with Gasteiger partial charge in [0.25, 0.3) is 0 Å². The number of nitrogens with zero attached hydrogens (tertiary/aromatic N) is 1. The summed E-state index contributed by atoms with van der Waals surface area (Å²) in [6, 6.07) is 0.197. The van der Waals surface area contributed by atoms with E-state index < -0.39 is 0 Å². The van der Waals surface area contributed by atoms with Gasteiger partial charge in [0.05, 0.1) is 6.04 Å². The number of alkyl halides is 1. The highest BCUT2D eigenvalue weighted by Crippen LogP contribution is 2.27. The Morgan fingerprint density at radius 2 is 2.33 bits per heavy atom. The molecule has 2 atom stereocenters. The average molecular weight is 190 g/mol. The van der Waals surface area contributed by atoms with Gasteiger partial charge in [-0.2, -0.15) is 0 Å². The lowest BCUT2D eigenvalue weighted by Crippen LogP contribution is -2.08. The lowest BCUT2D eigenvalue weighted by Gasteiger charge is -2.02. The summed E-state index contributed by atoms with van der Waals surface area (Å²) in [4.78, 5) is 13.9. The van der Waals surface area contributed by atoms with Crippen molar-refractivity contribution >= 4 is 22.0 Å². The van der Waals surface area contributed by atoms with Crippen molar-refractivity contribution in [2.45, 2.75) is 30.1 Å². The van der Waals surface area contributed by atoms with E-state index in [0.29, 0.717) is 4.83 Å². The van der Waals surface area contributed by atoms with Crippen LogP contribution < -0.4 is 0 Å². The van der Waals surface area contributed by atoms with Crippen LogP contribution in [0.25, 0.3) is 0 Å². The van der Waals surface area contributed by atoms with Gasteiger partial charge >= 0.3 is 0 Å². The Labute approximate surface area is 62.5 Å². The molecule has 0 bridgehead atoms. The van der Waals surface area contributed by atoms with Gasteiger partial charge < -0.3 is 0 Å². The normalized spacial score (nSPS) is 33.9. The molecule has 0 aromatic carbocycles. The molecule has 50 valence electrons. The lowest BCUT2D eigenvalue weighted by atomic mass is 10.3. The van der Waals surface area contributed by atoms with Gasteiger partial charge in [-0.15, -0.1) is 0 Å². The predicted molar refractivity (Wildman–Crippen MR) is 38.5 cm³/mol. The highest BCUT2D eigenvalue weighted by atomic mass is 79.9. The van der Waals surface area contributed by atoms with Crippen molar-refractivity contribution in [1.82, 2.24) is 0 Å². The molecule has 0 unspecified atom stereocenters. The zero-order valence-corrected chi connectivity index (χ0v) is 6.60. The minimum Gasteiger partial charge on any atom is -0.211 e. The van der Waals surface area contributed by atoms with Gasteiger partial charge in [0, 0.05) is 4.83 Å². The number of isocyanates is 1. The van der Waals surface area contributed by atoms with Gasteiger partial charge in [0.15, 0.2) is 0 Å². The monoisotopic (exact) mass is 189 g/mol. The Morgan fingerprint density at radius 1 is 1.56 bits per heavy atom. The molecule has 1 fully saturated rings. The summed E-state index contributed by atoms with van der Waals surface area (Å²) in [6.45, 7) is 0. The van der Waals surface area contributed by atoms with Gasteiger partial charge in [-0.05, 0) is 12.8 Å². The molecule has 0 N–H and O–H groups in total. The zero-order valence-electron chi connectivity index (χ0n) is 5.01. The van der Waals surface area contributed by atoms with Gasteiger partial charge in [0.2, 0.25) is 6.08 Å². The van der Waals surface area contributed by atoms with Gasteiger partial charge in [-0.25, -0.2) is 9.79 Å². The van der Waals surface area contributed by atoms with Gasteiger partial charge in [-0.3, -0.25) is 0 Å². The minimum atomic E-state index is 0.197. The molecule has 0 saturated heterocycles. The number of hydrogen-bond acceptors (Lipinski definition) is 2. The Bertz CT molecular complexity index is 142. The second kappa shape index (κ2) is 3.14. The first-order chi connectivity index (χ1) is 4.34. The number of carbonyl (C=O) groups excluding carboxylic acids is 1. The van der Waals surface area contributed by atoms with E-state index in [1.807, 2.05) is 0 Å². The SMILES string of the molecule is O=C=N[C@H]1CCC[C@H]1Br. The molecular weight excluding hydrogens is 182 g/mol. The van der Waals surface area contributed by atoms with Gasteiger partial charge in [0.1, 0.15) is 0 Å². The van der Waals surface area contributed by atoms with Crippen LogP contribution in [-0.4, -0.2) is 16.9 Å². The standard InChI is InChI=1S/C6H8BrNO/c7-5-2-1-3-6(5)8-4-9/h5-6H,1-3H2/t5-,6+/m1/s1. The van der Waals surface area contributed by atoms with Crippen LogP contribution in [0.5, 0.6) is 0 Å². The minimum absolute atomic E-state index is 0.197. The Balaban J connectivity index is 2.49. The van der Waals surface area contributed by atoms with Crippen LogP contribution in [0.15, 0.2) is 4.99 Å². The fourth-order valence-corrected chi connectivity index (χ4v) is 1.81. The van der Waals surface area contributed by atoms with Crippen molar-refractivity contribution < 1.29 is 4.79 Å². The van der Waals surface area contributed by atoms with Crippen LogP contribution in [-0.2, 0) is 4.79 Å². The summed E-state index contributed by atoms with van der Waals surface area (Å²) in [5, 5.41) is 0. The molecule has 1 saturated carbocycles. The summed E-state index contributed by atoms with van der Waals surface area (Å²) in [7, 11) is 0. The van der Waals surface area contributed by atoms with E-state index in [2.05, 4.69) is 20.9 Å². The van der Waals surface area contributed by atoms with E-state index in [-0.39, 0.29) is 6.04 Å².